The molecule has 1 atom stereocenters. The first-order valence-electron chi connectivity index (χ1n) is 11.0. The van der Waals surface area contributed by atoms with Gasteiger partial charge in [-0.15, -0.1) is 0 Å². The topological polar surface area (TPSA) is 96.3 Å². The number of amides is 1. The normalized spacial score (nSPS) is 17.9. The Labute approximate surface area is 204 Å². The first-order valence-corrected chi connectivity index (χ1v) is 11.4. The van der Waals surface area contributed by atoms with Crippen LogP contribution < -0.4 is 4.74 Å². The number of carbonyl (C=O) groups excluding carboxylic acids is 2. The molecule has 0 saturated carbocycles. The van der Waals surface area contributed by atoms with Crippen molar-refractivity contribution in [1.82, 2.24) is 4.90 Å². The van der Waals surface area contributed by atoms with Gasteiger partial charge in [-0.05, 0) is 48.2 Å². The van der Waals surface area contributed by atoms with Crippen LogP contribution in [0.5, 0.6) is 11.5 Å². The summed E-state index contributed by atoms with van der Waals surface area (Å²) in [5.74, 6) is -1.26. The van der Waals surface area contributed by atoms with Crippen LogP contribution in [0.1, 0.15) is 50.4 Å². The molecule has 1 saturated heterocycles. The van der Waals surface area contributed by atoms with E-state index in [1.54, 1.807) is 24.3 Å². The van der Waals surface area contributed by atoms with Gasteiger partial charge in [0.1, 0.15) is 17.3 Å². The van der Waals surface area contributed by atoms with Crippen molar-refractivity contribution in [3.8, 4) is 11.5 Å². The minimum absolute atomic E-state index is 0.0492. The standard InChI is InChI=1S/C26H30ClNO6/c1-6-34-20-10-8-16(13-17(20)26(2,3)4)23(30)21-22(15-7-9-19(29)18(27)14-15)28(11-12-33-5)25(32)24(21)31/h7-10,13-14,22,29-30H,6,11-12H2,1-5H3/b23-21-. The number of aromatic hydroxyl groups is 1. The lowest BCUT2D eigenvalue weighted by molar-refractivity contribution is -0.140. The predicted molar refractivity (Wildman–Crippen MR) is 130 cm³/mol. The summed E-state index contributed by atoms with van der Waals surface area (Å²) < 4.78 is 10.9. The number of ether oxygens (including phenoxy) is 2. The van der Waals surface area contributed by atoms with Gasteiger partial charge in [0.25, 0.3) is 11.7 Å². The molecule has 2 N–H and O–H groups in total. The maximum Gasteiger partial charge on any atom is 0.295 e. The molecular formula is C26H30ClNO6. The van der Waals surface area contributed by atoms with Crippen LogP contribution in [-0.4, -0.2) is 53.7 Å². The number of benzene rings is 2. The molecule has 1 aliphatic rings. The summed E-state index contributed by atoms with van der Waals surface area (Å²) in [6, 6.07) is 8.76. The molecule has 34 heavy (non-hydrogen) atoms. The Bertz CT molecular complexity index is 1130. The quantitative estimate of drug-likeness (QED) is 0.330. The maximum absolute atomic E-state index is 13.1. The zero-order valence-corrected chi connectivity index (χ0v) is 20.8. The van der Waals surface area contributed by atoms with Crippen molar-refractivity contribution in [2.45, 2.75) is 39.2 Å². The molecular weight excluding hydrogens is 458 g/mol. The first kappa shape index (κ1) is 25.6. The summed E-state index contributed by atoms with van der Waals surface area (Å²) in [5, 5.41) is 21.3. The van der Waals surface area contributed by atoms with E-state index in [1.807, 2.05) is 27.7 Å². The number of halogens is 1. The van der Waals surface area contributed by atoms with Gasteiger partial charge in [-0.3, -0.25) is 9.59 Å². The van der Waals surface area contributed by atoms with Crippen molar-refractivity contribution in [2.75, 3.05) is 26.9 Å². The van der Waals surface area contributed by atoms with Crippen LogP contribution in [0.2, 0.25) is 5.02 Å². The maximum atomic E-state index is 13.1. The van der Waals surface area contributed by atoms with E-state index < -0.39 is 17.7 Å². The van der Waals surface area contributed by atoms with E-state index in [2.05, 4.69) is 0 Å². The third-order valence-corrected chi connectivity index (χ3v) is 6.03. The molecule has 0 bridgehead atoms. The molecule has 2 aromatic carbocycles. The number of hydrogen-bond donors (Lipinski definition) is 2. The second-order valence-electron chi connectivity index (χ2n) is 9.09. The molecule has 1 unspecified atom stereocenters. The molecule has 0 aromatic heterocycles. The fraction of sp³-hybridized carbons (Fsp3) is 0.385. The number of methoxy groups -OCH3 is 1. The zero-order valence-electron chi connectivity index (χ0n) is 20.0. The summed E-state index contributed by atoms with van der Waals surface area (Å²) in [5.41, 5.74) is 1.40. The minimum Gasteiger partial charge on any atom is -0.507 e. The van der Waals surface area contributed by atoms with E-state index in [0.717, 1.165) is 5.56 Å². The zero-order chi connectivity index (χ0) is 25.2. The highest BCUT2D eigenvalue weighted by Crippen LogP contribution is 2.42. The van der Waals surface area contributed by atoms with E-state index in [4.69, 9.17) is 21.1 Å². The van der Waals surface area contributed by atoms with Crippen LogP contribution in [0, 0.1) is 0 Å². The summed E-state index contributed by atoms with van der Waals surface area (Å²) in [7, 11) is 1.50. The Morgan fingerprint density at radius 1 is 1.15 bits per heavy atom. The molecule has 0 aliphatic carbocycles. The van der Waals surface area contributed by atoms with Gasteiger partial charge in [-0.2, -0.15) is 0 Å². The molecule has 3 rings (SSSR count). The third-order valence-electron chi connectivity index (χ3n) is 5.72. The average molecular weight is 488 g/mol. The third kappa shape index (κ3) is 4.91. The van der Waals surface area contributed by atoms with Crippen LogP contribution in [0.4, 0.5) is 0 Å². The molecule has 0 spiro atoms. The molecule has 2 aromatic rings. The minimum atomic E-state index is -0.891. The van der Waals surface area contributed by atoms with Crippen LogP contribution in [0.25, 0.3) is 5.76 Å². The van der Waals surface area contributed by atoms with Gasteiger partial charge in [-0.25, -0.2) is 0 Å². The fourth-order valence-corrected chi connectivity index (χ4v) is 4.23. The van der Waals surface area contributed by atoms with E-state index in [9.17, 15) is 19.8 Å². The Kier molecular flexibility index (Phi) is 7.58. The van der Waals surface area contributed by atoms with Crippen LogP contribution in [0.3, 0.4) is 0 Å². The van der Waals surface area contributed by atoms with Crippen LogP contribution in [0.15, 0.2) is 42.0 Å². The lowest BCUT2D eigenvalue weighted by Crippen LogP contribution is -2.32. The van der Waals surface area contributed by atoms with Crippen molar-refractivity contribution in [3.63, 3.8) is 0 Å². The van der Waals surface area contributed by atoms with Gasteiger partial charge < -0.3 is 24.6 Å². The number of aliphatic hydroxyl groups is 1. The number of likely N-dealkylation sites (tertiary alicyclic amines) is 1. The fourth-order valence-electron chi connectivity index (χ4n) is 4.04. The van der Waals surface area contributed by atoms with E-state index >= 15 is 0 Å². The number of rotatable bonds is 7. The number of ketones is 1. The van der Waals surface area contributed by atoms with Gasteiger partial charge in [0.15, 0.2) is 0 Å². The van der Waals surface area contributed by atoms with Crippen molar-refractivity contribution >= 4 is 29.1 Å². The Hall–Kier alpha value is -3.03. The van der Waals surface area contributed by atoms with Crippen LogP contribution >= 0.6 is 11.6 Å². The molecule has 7 nitrogen and oxygen atoms in total. The van der Waals surface area contributed by atoms with Gasteiger partial charge in [0, 0.05) is 24.8 Å². The number of phenols is 1. The average Bonchev–Trinajstić information content (AvgIpc) is 3.03. The number of Topliss-reactive ketones (excluding diaryl/α,β-unsaturated/α-hetero) is 1. The highest BCUT2D eigenvalue weighted by atomic mass is 35.5. The second-order valence-corrected chi connectivity index (χ2v) is 9.50. The van der Waals surface area contributed by atoms with Gasteiger partial charge in [0.2, 0.25) is 0 Å². The van der Waals surface area contributed by atoms with Crippen molar-refractivity contribution < 1.29 is 29.3 Å². The van der Waals surface area contributed by atoms with Gasteiger partial charge >= 0.3 is 0 Å². The van der Waals surface area contributed by atoms with Crippen LogP contribution in [-0.2, 0) is 19.7 Å². The van der Waals surface area contributed by atoms with Crippen molar-refractivity contribution in [2.24, 2.45) is 0 Å². The summed E-state index contributed by atoms with van der Waals surface area (Å²) in [6.07, 6.45) is 0. The summed E-state index contributed by atoms with van der Waals surface area (Å²) in [6.45, 7) is 8.79. The lowest BCUT2D eigenvalue weighted by Gasteiger charge is -2.26. The molecule has 1 amide bonds. The van der Waals surface area contributed by atoms with Crippen molar-refractivity contribution in [3.05, 3.63) is 63.7 Å². The Morgan fingerprint density at radius 2 is 1.85 bits per heavy atom. The largest absolute Gasteiger partial charge is 0.507 e. The number of hydrogen-bond acceptors (Lipinski definition) is 6. The van der Waals surface area contributed by atoms with Gasteiger partial charge in [-0.1, -0.05) is 38.4 Å². The molecule has 1 fully saturated rings. The SMILES string of the molecule is CCOc1ccc(/C(O)=C2/C(=O)C(=O)N(CCOC)C2c2ccc(O)c(Cl)c2)cc1C(C)(C)C. The van der Waals surface area contributed by atoms with Gasteiger partial charge in [0.05, 0.1) is 29.9 Å². The molecule has 0 radical (unpaired) electrons. The van der Waals surface area contributed by atoms with E-state index in [-0.39, 0.29) is 40.7 Å². The van der Waals surface area contributed by atoms with E-state index in [1.165, 1.54) is 24.1 Å². The predicted octanol–water partition coefficient (Wildman–Crippen LogP) is 4.81. The second kappa shape index (κ2) is 10.1. The molecule has 1 heterocycles. The lowest BCUT2D eigenvalue weighted by atomic mass is 9.84. The highest BCUT2D eigenvalue weighted by molar-refractivity contribution is 6.46. The monoisotopic (exact) mass is 487 g/mol. The number of nitrogens with zero attached hydrogens (tertiary/aromatic N) is 1. The smallest absolute Gasteiger partial charge is 0.295 e. The molecule has 182 valence electrons. The first-order chi connectivity index (χ1) is 16.0. The number of aliphatic hydroxyl groups excluding tert-OH is 1. The van der Waals surface area contributed by atoms with E-state index in [0.29, 0.717) is 23.5 Å². The summed E-state index contributed by atoms with van der Waals surface area (Å²) >= 11 is 6.12. The number of phenolic OH excluding ortho intramolecular Hbond substituents is 1. The Balaban J connectivity index is 2.22. The number of carbonyl (C=O) groups is 2. The van der Waals surface area contributed by atoms with Crippen molar-refractivity contribution in [1.29, 1.82) is 0 Å². The molecule has 1 aliphatic heterocycles. The Morgan fingerprint density at radius 3 is 2.44 bits per heavy atom. The molecule has 8 heteroatoms. The highest BCUT2D eigenvalue weighted by Gasteiger charge is 2.46. The summed E-state index contributed by atoms with van der Waals surface area (Å²) in [4.78, 5) is 27.4.